The quantitative estimate of drug-likeness (QED) is 0.375. The van der Waals surface area contributed by atoms with Gasteiger partial charge in [0.1, 0.15) is 6.73 Å². The van der Waals surface area contributed by atoms with E-state index in [-0.39, 0.29) is 30.8 Å². The van der Waals surface area contributed by atoms with Crippen LogP contribution in [0.5, 0.6) is 0 Å². The summed E-state index contributed by atoms with van der Waals surface area (Å²) < 4.78 is 4.94. The third-order valence-corrected chi connectivity index (χ3v) is 5.05. The Morgan fingerprint density at radius 2 is 1.90 bits per heavy atom. The van der Waals surface area contributed by atoms with E-state index in [2.05, 4.69) is 16.8 Å². The molecule has 2 aromatic rings. The fourth-order valence-electron chi connectivity index (χ4n) is 3.22. The topological polar surface area (TPSA) is 55.4 Å². The third-order valence-electron chi connectivity index (χ3n) is 4.80. The van der Waals surface area contributed by atoms with Gasteiger partial charge >= 0.3 is 0 Å². The Kier molecular flexibility index (Phi) is 7.24. The number of rotatable bonds is 8. The maximum Gasteiger partial charge on any atom is 0.249 e. The van der Waals surface area contributed by atoms with Crippen LogP contribution in [0.25, 0.3) is 11.6 Å². The number of carbonyl (C=O) groups excluding carboxylic acids is 2. The van der Waals surface area contributed by atoms with Crippen LogP contribution in [0.3, 0.4) is 0 Å². The van der Waals surface area contributed by atoms with Gasteiger partial charge in [-0.25, -0.2) is 0 Å². The number of fused-ring (bicyclic) bond motifs is 1. The Labute approximate surface area is 181 Å². The second kappa shape index (κ2) is 10.1. The maximum atomic E-state index is 13.1. The normalized spacial score (nSPS) is 13.4. The highest BCUT2D eigenvalue weighted by Crippen LogP contribution is 2.27. The number of benzene rings is 2. The van der Waals surface area contributed by atoms with E-state index in [0.717, 1.165) is 16.7 Å². The van der Waals surface area contributed by atoms with Crippen LogP contribution >= 0.6 is 11.6 Å². The molecule has 1 aliphatic carbocycles. The molecule has 30 heavy (non-hydrogen) atoms. The first-order valence-electron chi connectivity index (χ1n) is 9.57. The number of carbonyl (C=O) groups is 2. The number of hydrogen-bond acceptors (Lipinski definition) is 3. The summed E-state index contributed by atoms with van der Waals surface area (Å²) in [7, 11) is 1.49. The molecule has 1 unspecified atom stereocenters. The Bertz CT molecular complexity index is 1090. The molecule has 4 nitrogen and oxygen atoms in total. The van der Waals surface area contributed by atoms with Crippen molar-refractivity contribution in [2.24, 2.45) is 0 Å². The molecule has 1 aliphatic rings. The summed E-state index contributed by atoms with van der Waals surface area (Å²) >= 11 is 5.97. The summed E-state index contributed by atoms with van der Waals surface area (Å²) in [5.74, 6) is -0.609. The van der Waals surface area contributed by atoms with E-state index in [1.54, 1.807) is 24.3 Å². The number of Topliss-reactive ketones (excluding diaryl/α,β-unsaturated/α-hetero) is 1. The van der Waals surface area contributed by atoms with Crippen molar-refractivity contribution in [3.63, 3.8) is 0 Å². The number of ketones is 1. The van der Waals surface area contributed by atoms with Crippen molar-refractivity contribution in [1.82, 2.24) is 5.32 Å². The van der Waals surface area contributed by atoms with Crippen LogP contribution in [0.15, 0.2) is 71.6 Å². The van der Waals surface area contributed by atoms with E-state index in [1.807, 2.05) is 43.3 Å². The van der Waals surface area contributed by atoms with Gasteiger partial charge in [-0.05, 0) is 35.3 Å². The van der Waals surface area contributed by atoms with Gasteiger partial charge in [0, 0.05) is 29.7 Å². The number of halogens is 1. The van der Waals surface area contributed by atoms with Crippen LogP contribution in [0, 0.1) is 0 Å². The molecule has 0 aliphatic heterocycles. The molecule has 0 aromatic heterocycles. The van der Waals surface area contributed by atoms with Gasteiger partial charge in [0.2, 0.25) is 5.91 Å². The van der Waals surface area contributed by atoms with Crippen molar-refractivity contribution in [1.29, 1.82) is 0 Å². The lowest BCUT2D eigenvalue weighted by Gasteiger charge is -2.14. The van der Waals surface area contributed by atoms with Crippen LogP contribution in [0.1, 0.15) is 36.0 Å². The number of amides is 1. The van der Waals surface area contributed by atoms with Gasteiger partial charge in [0.05, 0.1) is 5.57 Å². The molecule has 0 saturated heterocycles. The Morgan fingerprint density at radius 3 is 2.63 bits per heavy atom. The fourth-order valence-corrected chi connectivity index (χ4v) is 3.34. The van der Waals surface area contributed by atoms with Crippen molar-refractivity contribution in [3.05, 3.63) is 93.4 Å². The van der Waals surface area contributed by atoms with Crippen molar-refractivity contribution in [3.8, 4) is 0 Å². The van der Waals surface area contributed by atoms with Crippen LogP contribution in [0.4, 0.5) is 0 Å². The number of nitrogens with one attached hydrogen (secondary N) is 1. The molecule has 1 atom stereocenters. The second-order valence-electron chi connectivity index (χ2n) is 6.95. The first-order chi connectivity index (χ1) is 14.5. The Hall–Kier alpha value is -3.13. The van der Waals surface area contributed by atoms with Gasteiger partial charge in [0.25, 0.3) is 0 Å². The number of methoxy groups -OCH3 is 1. The average molecular weight is 420 g/mol. The zero-order chi connectivity index (χ0) is 21.5. The monoisotopic (exact) mass is 419 g/mol. The van der Waals surface area contributed by atoms with Crippen LogP contribution in [-0.2, 0) is 14.3 Å². The van der Waals surface area contributed by atoms with E-state index in [1.165, 1.54) is 7.11 Å². The number of ether oxygens (including phenoxy) is 1. The zero-order valence-electron chi connectivity index (χ0n) is 16.9. The molecule has 0 spiro atoms. The van der Waals surface area contributed by atoms with E-state index in [9.17, 15) is 9.59 Å². The number of allylic oxidation sites excluding steroid dienone is 2. The largest absolute Gasteiger partial charge is 0.364 e. The van der Waals surface area contributed by atoms with Gasteiger partial charge < -0.3 is 10.1 Å². The van der Waals surface area contributed by atoms with Gasteiger partial charge in [-0.15, -0.1) is 0 Å². The van der Waals surface area contributed by atoms with Crippen LogP contribution in [0.2, 0.25) is 5.02 Å². The molecule has 0 bridgehead atoms. The highest BCUT2D eigenvalue weighted by Gasteiger charge is 2.21. The van der Waals surface area contributed by atoms with Gasteiger partial charge in [-0.2, -0.15) is 0 Å². The van der Waals surface area contributed by atoms with Crippen LogP contribution < -0.4 is 5.32 Å². The van der Waals surface area contributed by atoms with Crippen molar-refractivity contribution < 1.29 is 14.3 Å². The van der Waals surface area contributed by atoms with E-state index in [0.29, 0.717) is 16.2 Å². The van der Waals surface area contributed by atoms with Crippen LogP contribution in [-0.4, -0.2) is 25.5 Å². The molecule has 1 N–H and O–H groups in total. The first-order valence-corrected chi connectivity index (χ1v) is 9.95. The summed E-state index contributed by atoms with van der Waals surface area (Å²) in [6.45, 7) is 2.03. The molecule has 5 heteroatoms. The van der Waals surface area contributed by atoms with Gasteiger partial charge in [-0.1, -0.05) is 72.5 Å². The predicted molar refractivity (Wildman–Crippen MR) is 119 cm³/mol. The smallest absolute Gasteiger partial charge is 0.249 e. The molecule has 2 aromatic carbocycles. The highest BCUT2D eigenvalue weighted by molar-refractivity contribution is 6.30. The minimum Gasteiger partial charge on any atom is -0.364 e. The predicted octanol–water partition coefficient (Wildman–Crippen LogP) is 4.91. The number of hydrogen-bond donors (Lipinski definition) is 1. The molecule has 152 valence electrons. The molecule has 0 heterocycles. The van der Waals surface area contributed by atoms with E-state index < -0.39 is 0 Å². The van der Waals surface area contributed by atoms with Gasteiger partial charge in [0.15, 0.2) is 5.78 Å². The summed E-state index contributed by atoms with van der Waals surface area (Å²) in [4.78, 5) is 25.8. The molecule has 0 fully saturated rings. The lowest BCUT2D eigenvalue weighted by molar-refractivity contribution is -0.120. The highest BCUT2D eigenvalue weighted by atomic mass is 35.5. The molecular weight excluding hydrogens is 398 g/mol. The SMILES string of the molecule is COCNC(=O)/C(=C\C(C)c1ccc(Cl)cc1)CC(=O)C1=C=C=Cc2ccccc21. The first kappa shape index (κ1) is 21.6. The molecular formula is C25H22ClNO3. The molecule has 3 rings (SSSR count). The minimum atomic E-state index is -0.338. The van der Waals surface area contributed by atoms with E-state index in [4.69, 9.17) is 16.3 Å². The lowest BCUT2D eigenvalue weighted by atomic mass is 9.90. The molecule has 0 radical (unpaired) electrons. The van der Waals surface area contributed by atoms with Gasteiger partial charge in [-0.3, -0.25) is 9.59 Å². The Balaban J connectivity index is 1.88. The zero-order valence-corrected chi connectivity index (χ0v) is 17.6. The third kappa shape index (κ3) is 5.27. The van der Waals surface area contributed by atoms with Crippen molar-refractivity contribution in [2.45, 2.75) is 19.3 Å². The van der Waals surface area contributed by atoms with E-state index >= 15 is 0 Å². The maximum absolute atomic E-state index is 13.1. The summed E-state index contributed by atoms with van der Waals surface area (Å²) in [6, 6.07) is 15.0. The molecule has 0 saturated carbocycles. The fraction of sp³-hybridized carbons (Fsp3) is 0.200. The standard InChI is InChI=1S/C25H22ClNO3/c1-17(18-10-12-21(26)13-11-18)14-20(25(29)27-16-30-2)15-24(28)23-9-5-7-19-6-3-4-8-22(19)23/h3-4,6-8,10-14,17H,15-16H2,1-2H3,(H,27,29)/b20-14-. The second-order valence-corrected chi connectivity index (χ2v) is 7.38. The summed E-state index contributed by atoms with van der Waals surface area (Å²) in [5, 5.41) is 3.32. The lowest BCUT2D eigenvalue weighted by Crippen LogP contribution is -2.28. The van der Waals surface area contributed by atoms with Crippen molar-refractivity contribution in [2.75, 3.05) is 13.8 Å². The Morgan fingerprint density at radius 1 is 1.17 bits per heavy atom. The summed E-state index contributed by atoms with van der Waals surface area (Å²) in [5.41, 5.74) is 9.31. The van der Waals surface area contributed by atoms with Crippen molar-refractivity contribution >= 4 is 34.9 Å². The summed E-state index contributed by atoms with van der Waals surface area (Å²) in [6.07, 6.45) is 3.55. The minimum absolute atomic E-state index is 0.0498. The average Bonchev–Trinajstić information content (AvgIpc) is 2.76. The molecule has 1 amide bonds.